The van der Waals surface area contributed by atoms with Crippen LogP contribution < -0.4 is 10.1 Å². The maximum atomic E-state index is 12.2. The van der Waals surface area contributed by atoms with E-state index < -0.39 is 6.61 Å². The number of halogens is 2. The number of rotatable bonds is 7. The molecule has 0 aliphatic rings. The third-order valence-electron chi connectivity index (χ3n) is 2.64. The number of nitrogens with one attached hydrogen (secondary N) is 1. The smallest absolute Gasteiger partial charge is 0.387 e. The average molecular weight is 257 g/mol. The third-order valence-corrected chi connectivity index (χ3v) is 2.64. The summed E-state index contributed by atoms with van der Waals surface area (Å²) in [6.07, 6.45) is 0.964. The van der Waals surface area contributed by atoms with Crippen molar-refractivity contribution >= 4 is 0 Å². The van der Waals surface area contributed by atoms with Crippen LogP contribution in [0.5, 0.6) is 5.75 Å². The van der Waals surface area contributed by atoms with E-state index in [1.807, 2.05) is 13.0 Å². The van der Waals surface area contributed by atoms with Gasteiger partial charge >= 0.3 is 6.61 Å². The minimum absolute atomic E-state index is 0.177. The lowest BCUT2D eigenvalue weighted by Gasteiger charge is -2.21. The first-order valence-corrected chi connectivity index (χ1v) is 6.31. The summed E-state index contributed by atoms with van der Waals surface area (Å²) in [6.45, 7) is 4.39. The van der Waals surface area contributed by atoms with Crippen LogP contribution in [0.3, 0.4) is 0 Å². The van der Waals surface area contributed by atoms with E-state index >= 15 is 0 Å². The van der Waals surface area contributed by atoms with Gasteiger partial charge in [0.25, 0.3) is 0 Å². The average Bonchev–Trinajstić information content (AvgIpc) is 2.27. The minimum Gasteiger partial charge on any atom is -0.435 e. The molecule has 0 aromatic heterocycles. The largest absolute Gasteiger partial charge is 0.435 e. The van der Waals surface area contributed by atoms with Gasteiger partial charge in [-0.1, -0.05) is 32.9 Å². The summed E-state index contributed by atoms with van der Waals surface area (Å²) >= 11 is 0. The van der Waals surface area contributed by atoms with Crippen LogP contribution >= 0.6 is 0 Å². The van der Waals surface area contributed by atoms with Crippen molar-refractivity contribution in [2.45, 2.75) is 39.8 Å². The molecule has 0 amide bonds. The molecule has 0 saturated heterocycles. The fourth-order valence-corrected chi connectivity index (χ4v) is 1.96. The van der Waals surface area contributed by atoms with Gasteiger partial charge in [-0.25, -0.2) is 0 Å². The number of hydrogen-bond acceptors (Lipinski definition) is 2. The van der Waals surface area contributed by atoms with Crippen LogP contribution in [0.25, 0.3) is 0 Å². The van der Waals surface area contributed by atoms with Gasteiger partial charge < -0.3 is 10.1 Å². The Morgan fingerprint density at radius 1 is 1.28 bits per heavy atom. The maximum absolute atomic E-state index is 12.2. The molecule has 0 radical (unpaired) electrons. The van der Waals surface area contributed by atoms with Gasteiger partial charge in [0.15, 0.2) is 0 Å². The molecular weight excluding hydrogens is 236 g/mol. The predicted molar refractivity (Wildman–Crippen MR) is 68.9 cm³/mol. The summed E-state index contributed by atoms with van der Waals surface area (Å²) in [7, 11) is 0. The van der Waals surface area contributed by atoms with Crippen molar-refractivity contribution in [1.29, 1.82) is 0 Å². The Bertz CT molecular complexity index is 355. The third kappa shape index (κ3) is 5.00. The minimum atomic E-state index is -2.78. The van der Waals surface area contributed by atoms with Crippen molar-refractivity contribution in [2.75, 3.05) is 6.54 Å². The Morgan fingerprint density at radius 3 is 2.56 bits per heavy atom. The quantitative estimate of drug-likeness (QED) is 0.797. The van der Waals surface area contributed by atoms with Crippen molar-refractivity contribution < 1.29 is 13.5 Å². The second kappa shape index (κ2) is 7.31. The normalized spacial score (nSPS) is 13.1. The molecule has 2 nitrogen and oxygen atoms in total. The molecule has 0 bridgehead atoms. The molecule has 0 spiro atoms. The molecule has 0 aliphatic heterocycles. The molecule has 1 unspecified atom stereocenters. The molecule has 1 N–H and O–H groups in total. The van der Waals surface area contributed by atoms with Gasteiger partial charge in [-0.05, 0) is 36.6 Å². The predicted octanol–water partition coefficient (Wildman–Crippen LogP) is 3.98. The van der Waals surface area contributed by atoms with E-state index in [1.54, 1.807) is 18.2 Å². The van der Waals surface area contributed by atoms with Crippen LogP contribution in [0, 0.1) is 5.92 Å². The van der Waals surface area contributed by atoms with E-state index in [4.69, 9.17) is 0 Å². The van der Waals surface area contributed by atoms with Gasteiger partial charge in [-0.3, -0.25) is 0 Å². The highest BCUT2D eigenvalue weighted by atomic mass is 19.3. The Kier molecular flexibility index (Phi) is 6.05. The second-order valence-corrected chi connectivity index (χ2v) is 4.69. The lowest BCUT2D eigenvalue weighted by Crippen LogP contribution is -2.22. The molecule has 1 atom stereocenters. The van der Waals surface area contributed by atoms with Crippen LogP contribution in [0.15, 0.2) is 24.3 Å². The van der Waals surface area contributed by atoms with E-state index in [9.17, 15) is 8.78 Å². The Balaban J connectivity index is 2.83. The molecule has 0 fully saturated rings. The summed E-state index contributed by atoms with van der Waals surface area (Å²) in [6, 6.07) is 7.10. The lowest BCUT2D eigenvalue weighted by molar-refractivity contribution is -0.0499. The highest BCUT2D eigenvalue weighted by molar-refractivity contribution is 5.30. The first-order chi connectivity index (χ1) is 8.52. The molecule has 4 heteroatoms. The molecule has 0 heterocycles. The molecule has 18 heavy (non-hydrogen) atoms. The van der Waals surface area contributed by atoms with Crippen LogP contribution in [0.1, 0.15) is 38.8 Å². The van der Waals surface area contributed by atoms with Crippen molar-refractivity contribution in [1.82, 2.24) is 5.32 Å². The van der Waals surface area contributed by atoms with Crippen LogP contribution in [0.4, 0.5) is 8.78 Å². The SMILES string of the molecule is CCNC(CC(C)C)c1cccc(OC(F)F)c1. The van der Waals surface area contributed by atoms with Gasteiger partial charge in [-0.15, -0.1) is 0 Å². The number of hydrogen-bond donors (Lipinski definition) is 1. The molecular formula is C14H21F2NO. The summed E-state index contributed by atoms with van der Waals surface area (Å²) in [5.41, 5.74) is 0.990. The number of ether oxygens (including phenoxy) is 1. The molecule has 1 rings (SSSR count). The zero-order chi connectivity index (χ0) is 13.5. The highest BCUT2D eigenvalue weighted by Crippen LogP contribution is 2.25. The van der Waals surface area contributed by atoms with Gasteiger partial charge in [0.1, 0.15) is 5.75 Å². The van der Waals surface area contributed by atoms with Gasteiger partial charge in [-0.2, -0.15) is 8.78 Å². The molecule has 0 aliphatic carbocycles. The topological polar surface area (TPSA) is 21.3 Å². The summed E-state index contributed by atoms with van der Waals surface area (Å²) in [5, 5.41) is 3.37. The highest BCUT2D eigenvalue weighted by Gasteiger charge is 2.13. The summed E-state index contributed by atoms with van der Waals surface area (Å²) < 4.78 is 28.8. The Hall–Kier alpha value is -1.16. The van der Waals surface area contributed by atoms with Crippen molar-refractivity contribution in [3.8, 4) is 5.75 Å². The monoisotopic (exact) mass is 257 g/mol. The van der Waals surface area contributed by atoms with Crippen LogP contribution in [0.2, 0.25) is 0 Å². The molecule has 1 aromatic rings. The summed E-state index contributed by atoms with van der Waals surface area (Å²) in [5.74, 6) is 0.753. The summed E-state index contributed by atoms with van der Waals surface area (Å²) in [4.78, 5) is 0. The van der Waals surface area contributed by atoms with Gasteiger partial charge in [0, 0.05) is 6.04 Å². The first-order valence-electron chi connectivity index (χ1n) is 6.31. The number of benzene rings is 1. The lowest BCUT2D eigenvalue weighted by atomic mass is 9.97. The zero-order valence-corrected chi connectivity index (χ0v) is 11.1. The van der Waals surface area contributed by atoms with Crippen LogP contribution in [-0.2, 0) is 0 Å². The van der Waals surface area contributed by atoms with E-state index in [2.05, 4.69) is 23.9 Å². The van der Waals surface area contributed by atoms with Crippen molar-refractivity contribution in [2.24, 2.45) is 5.92 Å². The fraction of sp³-hybridized carbons (Fsp3) is 0.571. The fourth-order valence-electron chi connectivity index (χ4n) is 1.96. The van der Waals surface area contributed by atoms with E-state index in [-0.39, 0.29) is 11.8 Å². The Labute approximate surface area is 107 Å². The first kappa shape index (κ1) is 14.9. The maximum Gasteiger partial charge on any atom is 0.387 e. The van der Waals surface area contributed by atoms with Gasteiger partial charge in [0.2, 0.25) is 0 Å². The van der Waals surface area contributed by atoms with E-state index in [1.165, 1.54) is 0 Å². The van der Waals surface area contributed by atoms with E-state index in [0.29, 0.717) is 5.92 Å². The zero-order valence-electron chi connectivity index (χ0n) is 11.1. The van der Waals surface area contributed by atoms with Crippen molar-refractivity contribution in [3.63, 3.8) is 0 Å². The Morgan fingerprint density at radius 2 is 2.00 bits per heavy atom. The van der Waals surface area contributed by atoms with Crippen molar-refractivity contribution in [3.05, 3.63) is 29.8 Å². The van der Waals surface area contributed by atoms with Gasteiger partial charge in [0.05, 0.1) is 0 Å². The second-order valence-electron chi connectivity index (χ2n) is 4.69. The van der Waals surface area contributed by atoms with Crippen LogP contribution in [-0.4, -0.2) is 13.2 Å². The molecule has 1 aromatic carbocycles. The number of alkyl halides is 2. The molecule has 0 saturated carbocycles. The van der Waals surface area contributed by atoms with E-state index in [0.717, 1.165) is 18.5 Å². The molecule has 102 valence electrons. The standard InChI is InChI=1S/C14H21F2NO/c1-4-17-13(8-10(2)3)11-6-5-7-12(9-11)18-14(15)16/h5-7,9-10,13-14,17H,4,8H2,1-3H3.